The molecule has 1 unspecified atom stereocenters. The number of carbonyl (C=O) groups excluding carboxylic acids is 1. The predicted molar refractivity (Wildman–Crippen MR) is 83.0 cm³/mol. The summed E-state index contributed by atoms with van der Waals surface area (Å²) in [4.78, 5) is 12.2. The van der Waals surface area contributed by atoms with Crippen molar-refractivity contribution >= 4 is 6.09 Å². The first-order valence-electron chi connectivity index (χ1n) is 8.32. The van der Waals surface area contributed by atoms with E-state index in [1.54, 1.807) is 0 Å². The Hall–Kier alpha value is -1.51. The van der Waals surface area contributed by atoms with E-state index in [9.17, 15) is 4.79 Å². The summed E-state index contributed by atoms with van der Waals surface area (Å²) in [6, 6.07) is 10.5. The highest BCUT2D eigenvalue weighted by atomic mass is 16.5. The highest BCUT2D eigenvalue weighted by Crippen LogP contribution is 2.44. The lowest BCUT2D eigenvalue weighted by molar-refractivity contribution is 0.0852. The van der Waals surface area contributed by atoms with Crippen molar-refractivity contribution in [2.75, 3.05) is 6.61 Å². The quantitative estimate of drug-likeness (QED) is 0.832. The molecule has 2 atom stereocenters. The van der Waals surface area contributed by atoms with Crippen molar-refractivity contribution in [2.45, 2.75) is 56.9 Å². The van der Waals surface area contributed by atoms with E-state index < -0.39 is 0 Å². The van der Waals surface area contributed by atoms with Crippen LogP contribution in [0.2, 0.25) is 0 Å². The zero-order valence-electron chi connectivity index (χ0n) is 12.6. The highest BCUT2D eigenvalue weighted by molar-refractivity contribution is 5.69. The van der Waals surface area contributed by atoms with Gasteiger partial charge < -0.3 is 10.1 Å². The van der Waals surface area contributed by atoms with Crippen LogP contribution >= 0.6 is 0 Å². The number of benzene rings is 1. The second kappa shape index (κ2) is 6.50. The summed E-state index contributed by atoms with van der Waals surface area (Å²) in [6.45, 7) is 0.543. The van der Waals surface area contributed by atoms with Gasteiger partial charge in [-0.2, -0.15) is 0 Å². The molecule has 3 heteroatoms. The van der Waals surface area contributed by atoms with E-state index >= 15 is 0 Å². The number of alkyl carbamates (subject to hydrolysis) is 1. The number of fused-ring (bicyclic) bond motifs is 1. The summed E-state index contributed by atoms with van der Waals surface area (Å²) in [5, 5.41) is 3.26. The summed E-state index contributed by atoms with van der Waals surface area (Å²) in [6.07, 6.45) is 9.02. The third kappa shape index (κ3) is 3.07. The molecule has 0 radical (unpaired) electrons. The average Bonchev–Trinajstić information content (AvgIpc) is 2.53. The van der Waals surface area contributed by atoms with Crippen molar-refractivity contribution in [3.63, 3.8) is 0 Å². The minimum absolute atomic E-state index is 0.228. The second-order valence-corrected chi connectivity index (χ2v) is 6.39. The van der Waals surface area contributed by atoms with Crippen LogP contribution in [-0.2, 0) is 10.3 Å². The van der Waals surface area contributed by atoms with Gasteiger partial charge in [0, 0.05) is 0 Å². The zero-order chi connectivity index (χ0) is 14.5. The number of hydrogen-bond donors (Lipinski definition) is 1. The number of nitrogens with one attached hydrogen (secondary N) is 1. The topological polar surface area (TPSA) is 38.3 Å². The van der Waals surface area contributed by atoms with Crippen molar-refractivity contribution in [1.82, 2.24) is 5.32 Å². The first-order chi connectivity index (χ1) is 10.3. The van der Waals surface area contributed by atoms with Gasteiger partial charge in [-0.1, -0.05) is 56.0 Å². The number of rotatable bonds is 1. The molecule has 114 valence electrons. The van der Waals surface area contributed by atoms with Crippen LogP contribution in [0.3, 0.4) is 0 Å². The smallest absolute Gasteiger partial charge is 0.407 e. The van der Waals surface area contributed by atoms with Crippen molar-refractivity contribution in [3.8, 4) is 0 Å². The van der Waals surface area contributed by atoms with E-state index in [-0.39, 0.29) is 11.6 Å². The van der Waals surface area contributed by atoms with E-state index in [1.165, 1.54) is 37.7 Å². The summed E-state index contributed by atoms with van der Waals surface area (Å²) >= 11 is 0. The van der Waals surface area contributed by atoms with Crippen LogP contribution in [0.25, 0.3) is 0 Å². The fourth-order valence-electron chi connectivity index (χ4n) is 4.04. The summed E-state index contributed by atoms with van der Waals surface area (Å²) in [5.41, 5.74) is 1.01. The summed E-state index contributed by atoms with van der Waals surface area (Å²) in [5.74, 6) is 0.527. The van der Waals surface area contributed by atoms with Crippen LogP contribution in [0.5, 0.6) is 0 Å². The van der Waals surface area contributed by atoms with Gasteiger partial charge in [0.15, 0.2) is 0 Å². The van der Waals surface area contributed by atoms with Crippen LogP contribution in [0.4, 0.5) is 4.79 Å². The molecule has 1 aliphatic carbocycles. The lowest BCUT2D eigenvalue weighted by atomic mass is 9.67. The van der Waals surface area contributed by atoms with Gasteiger partial charge in [-0.3, -0.25) is 0 Å². The third-order valence-electron chi connectivity index (χ3n) is 5.11. The predicted octanol–water partition coefficient (Wildman–Crippen LogP) is 4.37. The van der Waals surface area contributed by atoms with Crippen LogP contribution in [0.15, 0.2) is 30.3 Å². The molecule has 1 amide bonds. The van der Waals surface area contributed by atoms with E-state index in [0.29, 0.717) is 12.5 Å². The Morgan fingerprint density at radius 1 is 1.00 bits per heavy atom. The SMILES string of the molecule is O=C1N[C@@]2(c3ccccc3)CCCCC2CCCCCO1. The molecule has 21 heavy (non-hydrogen) atoms. The van der Waals surface area contributed by atoms with E-state index in [1.807, 2.05) is 6.07 Å². The van der Waals surface area contributed by atoms with Gasteiger partial charge >= 0.3 is 6.09 Å². The fraction of sp³-hybridized carbons (Fsp3) is 0.611. The standard InChI is InChI=1S/C18H25NO2/c20-17-19-18(15-9-3-1-4-10-15)13-7-6-12-16(18)11-5-2-8-14-21-17/h1,3-4,9-10,16H,2,5-8,11-14H2,(H,19,20)/t16?,18-/m1/s1. The monoisotopic (exact) mass is 287 g/mol. The Morgan fingerprint density at radius 3 is 2.57 bits per heavy atom. The van der Waals surface area contributed by atoms with Gasteiger partial charge in [0.25, 0.3) is 0 Å². The van der Waals surface area contributed by atoms with Gasteiger partial charge in [-0.15, -0.1) is 0 Å². The molecule has 2 aliphatic rings. The molecule has 1 saturated heterocycles. The van der Waals surface area contributed by atoms with Crippen LogP contribution < -0.4 is 5.32 Å². The van der Waals surface area contributed by atoms with Crippen molar-refractivity contribution in [2.24, 2.45) is 5.92 Å². The molecule has 1 saturated carbocycles. The molecule has 1 N–H and O–H groups in total. The highest BCUT2D eigenvalue weighted by Gasteiger charge is 2.43. The molecule has 3 rings (SSSR count). The second-order valence-electron chi connectivity index (χ2n) is 6.39. The molecule has 2 fully saturated rings. The van der Waals surface area contributed by atoms with Crippen molar-refractivity contribution in [3.05, 3.63) is 35.9 Å². The molecule has 3 nitrogen and oxygen atoms in total. The zero-order valence-corrected chi connectivity index (χ0v) is 12.6. The number of cyclic esters (lactones) is 1. The maximum atomic E-state index is 12.2. The molecule has 1 aromatic rings. The lowest BCUT2D eigenvalue weighted by Crippen LogP contribution is -2.53. The first-order valence-corrected chi connectivity index (χ1v) is 8.32. The molecular weight excluding hydrogens is 262 g/mol. The number of hydrogen-bond acceptors (Lipinski definition) is 2. The molecule has 1 heterocycles. The van der Waals surface area contributed by atoms with Crippen LogP contribution in [0, 0.1) is 5.92 Å². The van der Waals surface area contributed by atoms with E-state index in [2.05, 4.69) is 29.6 Å². The average molecular weight is 287 g/mol. The maximum absolute atomic E-state index is 12.2. The minimum atomic E-state index is -0.243. The summed E-state index contributed by atoms with van der Waals surface area (Å²) < 4.78 is 5.36. The normalized spacial score (nSPS) is 30.7. The van der Waals surface area contributed by atoms with Gasteiger partial charge in [0.1, 0.15) is 0 Å². The number of amides is 1. The third-order valence-corrected chi connectivity index (χ3v) is 5.11. The Morgan fingerprint density at radius 2 is 1.76 bits per heavy atom. The Balaban J connectivity index is 1.96. The molecule has 0 aromatic heterocycles. The van der Waals surface area contributed by atoms with Gasteiger partial charge in [0.05, 0.1) is 12.1 Å². The fourth-order valence-corrected chi connectivity index (χ4v) is 4.04. The summed E-state index contributed by atoms with van der Waals surface area (Å²) in [7, 11) is 0. The van der Waals surface area contributed by atoms with Crippen LogP contribution in [-0.4, -0.2) is 12.7 Å². The van der Waals surface area contributed by atoms with Gasteiger partial charge in [-0.25, -0.2) is 4.79 Å². The molecule has 1 aliphatic heterocycles. The van der Waals surface area contributed by atoms with E-state index in [0.717, 1.165) is 19.3 Å². The first kappa shape index (κ1) is 14.4. The molecule has 0 spiro atoms. The lowest BCUT2D eigenvalue weighted by Gasteiger charge is -2.45. The Bertz CT molecular complexity index is 473. The maximum Gasteiger partial charge on any atom is 0.407 e. The van der Waals surface area contributed by atoms with Crippen molar-refractivity contribution in [1.29, 1.82) is 0 Å². The minimum Gasteiger partial charge on any atom is -0.450 e. The Kier molecular flexibility index (Phi) is 4.47. The number of ether oxygens (including phenoxy) is 1. The van der Waals surface area contributed by atoms with Gasteiger partial charge in [0.2, 0.25) is 0 Å². The molecule has 1 aromatic carbocycles. The Labute approximate surface area is 127 Å². The van der Waals surface area contributed by atoms with Crippen molar-refractivity contribution < 1.29 is 9.53 Å². The molecular formula is C18H25NO2. The van der Waals surface area contributed by atoms with E-state index in [4.69, 9.17) is 4.74 Å². The largest absolute Gasteiger partial charge is 0.450 e. The van der Waals surface area contributed by atoms with Crippen LogP contribution in [0.1, 0.15) is 56.9 Å². The number of carbonyl (C=O) groups is 1. The molecule has 0 bridgehead atoms. The van der Waals surface area contributed by atoms with Gasteiger partial charge in [-0.05, 0) is 37.2 Å².